The molecule has 5 heteroatoms. The van der Waals surface area contributed by atoms with Crippen LogP contribution in [0.15, 0.2) is 18.2 Å². The molecular weight excluding hydrogens is 268 g/mol. The van der Waals surface area contributed by atoms with E-state index >= 15 is 0 Å². The molecule has 1 aromatic carbocycles. The Kier molecular flexibility index (Phi) is 3.16. The minimum atomic E-state index is -0.399. The molecule has 21 heavy (non-hydrogen) atoms. The van der Waals surface area contributed by atoms with Crippen molar-refractivity contribution in [1.29, 1.82) is 5.26 Å². The van der Waals surface area contributed by atoms with Crippen molar-refractivity contribution in [1.82, 2.24) is 0 Å². The Balaban J connectivity index is 1.78. The van der Waals surface area contributed by atoms with Gasteiger partial charge in [0.1, 0.15) is 11.9 Å². The molecule has 0 spiro atoms. The fourth-order valence-electron chi connectivity index (χ4n) is 2.86. The van der Waals surface area contributed by atoms with Crippen molar-refractivity contribution in [2.45, 2.75) is 57.1 Å². The number of benzene rings is 1. The monoisotopic (exact) mass is 287 g/mol. The number of nitriles is 1. The van der Waals surface area contributed by atoms with Crippen molar-refractivity contribution in [2.24, 2.45) is 0 Å². The Morgan fingerprint density at radius 1 is 1.24 bits per heavy atom. The molecular formula is C16H19BFNO2. The highest BCUT2D eigenvalue weighted by molar-refractivity contribution is 6.49. The van der Waals surface area contributed by atoms with Crippen LogP contribution in [0.1, 0.15) is 51.2 Å². The summed E-state index contributed by atoms with van der Waals surface area (Å²) in [4.78, 5) is 0. The lowest BCUT2D eigenvalue weighted by molar-refractivity contribution is 0.00578. The van der Waals surface area contributed by atoms with Gasteiger partial charge in [0.25, 0.3) is 0 Å². The molecule has 1 saturated carbocycles. The van der Waals surface area contributed by atoms with Crippen LogP contribution in [0.3, 0.4) is 0 Å². The molecule has 3 rings (SSSR count). The van der Waals surface area contributed by atoms with E-state index in [1.54, 1.807) is 12.1 Å². The van der Waals surface area contributed by atoms with Crippen LogP contribution < -0.4 is 0 Å². The zero-order valence-electron chi connectivity index (χ0n) is 12.8. The van der Waals surface area contributed by atoms with Gasteiger partial charge in [-0.05, 0) is 51.7 Å². The van der Waals surface area contributed by atoms with Crippen LogP contribution in [0.2, 0.25) is 5.82 Å². The number of halogens is 1. The largest absolute Gasteiger partial charge is 0.461 e. The third-order valence-electron chi connectivity index (χ3n) is 5.01. The summed E-state index contributed by atoms with van der Waals surface area (Å²) in [5.41, 5.74) is -0.0174. The first-order chi connectivity index (χ1) is 9.77. The summed E-state index contributed by atoms with van der Waals surface area (Å²) >= 11 is 0. The number of hydrogen-bond acceptors (Lipinski definition) is 3. The molecule has 2 fully saturated rings. The first kappa shape index (κ1) is 14.6. The molecule has 0 aromatic heterocycles. The minimum Gasteiger partial charge on any atom is -0.403 e. The lowest BCUT2D eigenvalue weighted by Gasteiger charge is -2.32. The summed E-state index contributed by atoms with van der Waals surface area (Å²) in [5, 5.41) is 8.92. The van der Waals surface area contributed by atoms with Crippen LogP contribution in [0, 0.1) is 17.1 Å². The predicted octanol–water partition coefficient (Wildman–Crippen LogP) is 3.65. The van der Waals surface area contributed by atoms with Crippen LogP contribution in [0.4, 0.5) is 4.39 Å². The first-order valence-corrected chi connectivity index (χ1v) is 7.31. The van der Waals surface area contributed by atoms with Crippen molar-refractivity contribution >= 4 is 7.12 Å². The van der Waals surface area contributed by atoms with E-state index in [2.05, 4.69) is 0 Å². The molecule has 1 aliphatic carbocycles. The Bertz CT molecular complexity index is 607. The van der Waals surface area contributed by atoms with Crippen molar-refractivity contribution in [3.63, 3.8) is 0 Å². The highest BCUT2D eigenvalue weighted by atomic mass is 19.1. The maximum Gasteiger partial charge on any atom is 0.461 e. The molecule has 2 aliphatic rings. The first-order valence-electron chi connectivity index (χ1n) is 7.31. The maximum absolute atomic E-state index is 14.2. The van der Waals surface area contributed by atoms with Crippen LogP contribution in [0.5, 0.6) is 0 Å². The smallest absolute Gasteiger partial charge is 0.403 e. The second kappa shape index (κ2) is 4.56. The van der Waals surface area contributed by atoms with Crippen molar-refractivity contribution in [3.05, 3.63) is 35.1 Å². The third-order valence-corrected chi connectivity index (χ3v) is 5.01. The molecule has 0 amide bonds. The van der Waals surface area contributed by atoms with Gasteiger partial charge in [-0.3, -0.25) is 0 Å². The van der Waals surface area contributed by atoms with Gasteiger partial charge in [-0.1, -0.05) is 12.1 Å². The van der Waals surface area contributed by atoms with Crippen LogP contribution in [-0.4, -0.2) is 18.3 Å². The molecule has 110 valence electrons. The van der Waals surface area contributed by atoms with Gasteiger partial charge < -0.3 is 9.31 Å². The quantitative estimate of drug-likeness (QED) is 0.780. The summed E-state index contributed by atoms with van der Waals surface area (Å²) in [6.45, 7) is 8.06. The standard InChI is InChI=1S/C16H19BFNO2/c1-15(2)16(3,4)21-17(20-15)13-8-12(13)11-7-5-6-10(9-19)14(11)18/h5-7,12-13H,8H2,1-4H3/t12-,13+/m1/s1. The predicted molar refractivity (Wildman–Crippen MR) is 78.3 cm³/mol. The van der Waals surface area contributed by atoms with Gasteiger partial charge in [0.05, 0.1) is 16.8 Å². The molecule has 1 aliphatic heterocycles. The zero-order chi connectivity index (χ0) is 15.4. The SMILES string of the molecule is CC1(C)OB([C@H]2C[C@@H]2c2cccc(C#N)c2F)OC1(C)C. The van der Waals surface area contributed by atoms with Crippen molar-refractivity contribution in [2.75, 3.05) is 0 Å². The minimum absolute atomic E-state index is 0.0769. The summed E-state index contributed by atoms with van der Waals surface area (Å²) in [7, 11) is -0.301. The van der Waals surface area contributed by atoms with Gasteiger partial charge >= 0.3 is 7.12 Å². The molecule has 1 heterocycles. The molecule has 0 radical (unpaired) electrons. The van der Waals surface area contributed by atoms with Gasteiger partial charge in [-0.15, -0.1) is 0 Å². The second-order valence-corrected chi connectivity index (χ2v) is 6.95. The highest BCUT2D eigenvalue weighted by Crippen LogP contribution is 2.58. The van der Waals surface area contributed by atoms with Gasteiger partial charge in [0.15, 0.2) is 0 Å². The maximum atomic E-state index is 14.2. The Morgan fingerprint density at radius 2 is 1.86 bits per heavy atom. The van der Waals surface area contributed by atoms with Crippen molar-refractivity contribution in [3.8, 4) is 6.07 Å². The summed E-state index contributed by atoms with van der Waals surface area (Å²) in [5.74, 6) is -0.161. The Morgan fingerprint density at radius 3 is 2.43 bits per heavy atom. The molecule has 1 aromatic rings. The van der Waals surface area contributed by atoms with E-state index in [1.165, 1.54) is 6.07 Å². The van der Waals surface area contributed by atoms with E-state index in [1.807, 2.05) is 33.8 Å². The van der Waals surface area contributed by atoms with Crippen LogP contribution in [-0.2, 0) is 9.31 Å². The topological polar surface area (TPSA) is 42.2 Å². The third kappa shape index (κ3) is 2.27. The zero-order valence-corrected chi connectivity index (χ0v) is 12.8. The van der Waals surface area contributed by atoms with E-state index in [9.17, 15) is 4.39 Å². The molecule has 0 bridgehead atoms. The average molecular weight is 287 g/mol. The Hall–Kier alpha value is -1.38. The average Bonchev–Trinajstić information content (AvgIpc) is 3.13. The van der Waals surface area contributed by atoms with E-state index < -0.39 is 5.82 Å². The summed E-state index contributed by atoms with van der Waals surface area (Å²) < 4.78 is 26.3. The molecule has 2 atom stereocenters. The summed E-state index contributed by atoms with van der Waals surface area (Å²) in [6.07, 6.45) is 0.836. The van der Waals surface area contributed by atoms with Gasteiger partial charge in [0.2, 0.25) is 0 Å². The Labute approximate surface area is 125 Å². The molecule has 1 saturated heterocycles. The van der Waals surface area contributed by atoms with Gasteiger partial charge in [-0.2, -0.15) is 5.26 Å². The molecule has 0 unspecified atom stereocenters. The van der Waals surface area contributed by atoms with E-state index in [0.717, 1.165) is 6.42 Å². The number of hydrogen-bond donors (Lipinski definition) is 0. The fourth-order valence-corrected chi connectivity index (χ4v) is 2.86. The fraction of sp³-hybridized carbons (Fsp3) is 0.562. The van der Waals surface area contributed by atoms with E-state index in [4.69, 9.17) is 14.6 Å². The van der Waals surface area contributed by atoms with Gasteiger partial charge in [0, 0.05) is 5.82 Å². The lowest BCUT2D eigenvalue weighted by Crippen LogP contribution is -2.41. The van der Waals surface area contributed by atoms with Gasteiger partial charge in [-0.25, -0.2) is 4.39 Å². The molecule has 3 nitrogen and oxygen atoms in total. The number of nitrogens with zero attached hydrogens (tertiary/aromatic N) is 1. The van der Waals surface area contributed by atoms with Crippen LogP contribution in [0.25, 0.3) is 0 Å². The molecule has 0 N–H and O–H groups in total. The number of rotatable bonds is 2. The summed E-state index contributed by atoms with van der Waals surface area (Å²) in [6, 6.07) is 6.89. The van der Waals surface area contributed by atoms with E-state index in [-0.39, 0.29) is 35.6 Å². The van der Waals surface area contributed by atoms with Crippen molar-refractivity contribution < 1.29 is 13.7 Å². The lowest BCUT2D eigenvalue weighted by atomic mass is 9.79. The normalized spacial score (nSPS) is 29.2. The highest BCUT2D eigenvalue weighted by Gasteiger charge is 2.60. The van der Waals surface area contributed by atoms with E-state index in [0.29, 0.717) is 5.56 Å². The van der Waals surface area contributed by atoms with Crippen LogP contribution >= 0.6 is 0 Å². The second-order valence-electron chi connectivity index (χ2n) is 6.95.